The normalized spacial score (nSPS) is 12.0. The number of ether oxygens (including phenoxy) is 1. The monoisotopic (exact) mass is 352 g/mol. The van der Waals surface area contributed by atoms with E-state index in [1.54, 1.807) is 24.9 Å². The van der Waals surface area contributed by atoms with Gasteiger partial charge in [0.1, 0.15) is 11.9 Å². The Morgan fingerprint density at radius 1 is 1.19 bits per heavy atom. The van der Waals surface area contributed by atoms with Crippen LogP contribution in [0.1, 0.15) is 12.5 Å². The molecular weight excluding hydrogens is 332 g/mol. The van der Waals surface area contributed by atoms with Crippen molar-refractivity contribution in [2.24, 2.45) is 0 Å². The van der Waals surface area contributed by atoms with E-state index in [-0.39, 0.29) is 11.7 Å². The number of hydrogen-bond acceptors (Lipinski definition) is 6. The quantitative estimate of drug-likeness (QED) is 0.672. The Hall–Kier alpha value is -3.15. The van der Waals surface area contributed by atoms with Crippen molar-refractivity contribution in [3.05, 3.63) is 58.4 Å². The van der Waals surface area contributed by atoms with E-state index in [0.717, 1.165) is 22.1 Å². The van der Waals surface area contributed by atoms with Crippen LogP contribution in [-0.2, 0) is 9.53 Å². The summed E-state index contributed by atoms with van der Waals surface area (Å²) in [4.78, 5) is 29.9. The van der Waals surface area contributed by atoms with Gasteiger partial charge in [-0.05, 0) is 37.1 Å². The van der Waals surface area contributed by atoms with Gasteiger partial charge < -0.3 is 14.1 Å². The summed E-state index contributed by atoms with van der Waals surface area (Å²) >= 11 is 0. The van der Waals surface area contributed by atoms with Gasteiger partial charge in [0.15, 0.2) is 0 Å². The molecule has 6 nitrogen and oxygen atoms in total. The molecule has 6 heteroatoms. The number of rotatable bonds is 4. The fourth-order valence-corrected chi connectivity index (χ4v) is 2.86. The van der Waals surface area contributed by atoms with Crippen molar-refractivity contribution in [1.29, 1.82) is 0 Å². The van der Waals surface area contributed by atoms with Crippen molar-refractivity contribution in [3.63, 3.8) is 0 Å². The molecule has 0 aliphatic rings. The van der Waals surface area contributed by atoms with Gasteiger partial charge in [-0.1, -0.05) is 24.3 Å². The van der Waals surface area contributed by atoms with Gasteiger partial charge >= 0.3 is 11.6 Å². The van der Waals surface area contributed by atoms with E-state index in [4.69, 9.17) is 9.15 Å². The highest BCUT2D eigenvalue weighted by molar-refractivity contribution is 5.93. The predicted octanol–water partition coefficient (Wildman–Crippen LogP) is 3.16. The number of likely N-dealkylation sites (N-methyl/N-ethyl adjacent to an activating group) is 1. The van der Waals surface area contributed by atoms with E-state index in [0.29, 0.717) is 5.82 Å². The first kappa shape index (κ1) is 17.7. The second kappa shape index (κ2) is 7.00. The summed E-state index contributed by atoms with van der Waals surface area (Å²) in [5.41, 5.74) is 2.55. The fraction of sp³-hybridized carbons (Fsp3) is 0.250. The summed E-state index contributed by atoms with van der Waals surface area (Å²) in [6.45, 7) is 3.71. The maximum Gasteiger partial charge on any atom is 0.338 e. The number of aromatic nitrogens is 1. The number of aryl methyl sites for hydroxylation is 1. The Labute approximate surface area is 151 Å². The molecule has 3 aromatic rings. The molecule has 3 rings (SSSR count). The first-order chi connectivity index (χ1) is 12.4. The molecule has 0 bridgehead atoms. The van der Waals surface area contributed by atoms with Gasteiger partial charge in [-0.25, -0.2) is 9.59 Å². The van der Waals surface area contributed by atoms with Crippen LogP contribution < -0.4 is 10.5 Å². The van der Waals surface area contributed by atoms with Crippen LogP contribution in [0.2, 0.25) is 0 Å². The summed E-state index contributed by atoms with van der Waals surface area (Å²) in [6.07, 6.45) is 0. The number of hydrogen-bond donors (Lipinski definition) is 0. The molecule has 1 aromatic carbocycles. The minimum absolute atomic E-state index is 0.233. The second-order valence-electron chi connectivity index (χ2n) is 6.13. The van der Waals surface area contributed by atoms with E-state index in [9.17, 15) is 9.59 Å². The van der Waals surface area contributed by atoms with E-state index in [1.807, 2.05) is 37.3 Å². The van der Waals surface area contributed by atoms with E-state index in [1.165, 1.54) is 13.2 Å². The molecule has 0 saturated heterocycles. The molecule has 0 unspecified atom stereocenters. The topological polar surface area (TPSA) is 72.6 Å². The average molecular weight is 352 g/mol. The summed E-state index contributed by atoms with van der Waals surface area (Å²) in [5.74, 6) is 0.144. The summed E-state index contributed by atoms with van der Waals surface area (Å²) < 4.78 is 10.1. The summed E-state index contributed by atoms with van der Waals surface area (Å²) in [7, 11) is 3.08. The zero-order valence-corrected chi connectivity index (χ0v) is 15.1. The minimum atomic E-state index is -0.517. The van der Waals surface area contributed by atoms with Crippen molar-refractivity contribution >= 4 is 22.9 Å². The zero-order chi connectivity index (χ0) is 18.8. The highest BCUT2D eigenvalue weighted by Crippen LogP contribution is 2.30. The molecule has 2 heterocycles. The molecule has 0 spiro atoms. The Bertz CT molecular complexity index is 1030. The molecule has 0 radical (unpaired) electrons. The van der Waals surface area contributed by atoms with Gasteiger partial charge in [-0.15, -0.1) is 0 Å². The maximum absolute atomic E-state index is 12.1. The van der Waals surface area contributed by atoms with Crippen molar-refractivity contribution in [2.75, 3.05) is 19.1 Å². The van der Waals surface area contributed by atoms with Gasteiger partial charge in [0.25, 0.3) is 0 Å². The minimum Gasteiger partial charge on any atom is -0.467 e. The largest absolute Gasteiger partial charge is 0.467 e. The lowest BCUT2D eigenvalue weighted by Crippen LogP contribution is -2.37. The summed E-state index contributed by atoms with van der Waals surface area (Å²) in [6, 6.07) is 12.4. The molecule has 0 amide bonds. The van der Waals surface area contributed by atoms with Gasteiger partial charge in [0.2, 0.25) is 5.71 Å². The Kier molecular flexibility index (Phi) is 4.75. The standard InChI is InChI=1S/C20H20N2O4/c1-12-7-5-6-8-14(12)16-11-18(23)26-19-15(16)9-10-17(21-19)22(3)13(2)20(24)25-4/h5-11,13H,1-4H3/t13-/m0/s1. The number of fused-ring (bicyclic) bond motifs is 1. The van der Waals surface area contributed by atoms with Crippen LogP contribution in [-0.4, -0.2) is 31.2 Å². The van der Waals surface area contributed by atoms with Gasteiger partial charge in [0.05, 0.1) is 7.11 Å². The van der Waals surface area contributed by atoms with Gasteiger partial charge in [0, 0.05) is 24.1 Å². The number of carbonyl (C=O) groups is 1. The van der Waals surface area contributed by atoms with Crippen molar-refractivity contribution < 1.29 is 13.9 Å². The SMILES string of the molecule is COC(=O)[C@H](C)N(C)c1ccc2c(-c3ccccc3C)cc(=O)oc2n1. The molecule has 0 aliphatic carbocycles. The number of methoxy groups -OCH3 is 1. The lowest BCUT2D eigenvalue weighted by molar-refractivity contribution is -0.141. The number of carbonyl (C=O) groups excluding carboxylic acids is 1. The second-order valence-corrected chi connectivity index (χ2v) is 6.13. The number of anilines is 1. The van der Waals surface area contributed by atoms with Crippen LogP contribution in [0.4, 0.5) is 5.82 Å². The smallest absolute Gasteiger partial charge is 0.338 e. The third kappa shape index (κ3) is 3.18. The molecular formula is C20H20N2O4. The third-order valence-corrected chi connectivity index (χ3v) is 4.52. The fourth-order valence-electron chi connectivity index (χ4n) is 2.86. The molecule has 134 valence electrons. The van der Waals surface area contributed by atoms with Crippen LogP contribution in [0, 0.1) is 6.92 Å². The lowest BCUT2D eigenvalue weighted by Gasteiger charge is -2.23. The molecule has 26 heavy (non-hydrogen) atoms. The molecule has 0 saturated carbocycles. The number of benzene rings is 1. The molecule has 0 N–H and O–H groups in total. The number of esters is 1. The van der Waals surface area contributed by atoms with Crippen molar-refractivity contribution in [2.45, 2.75) is 19.9 Å². The highest BCUT2D eigenvalue weighted by atomic mass is 16.5. The Balaban J connectivity index is 2.14. The summed E-state index contributed by atoms with van der Waals surface area (Å²) in [5, 5.41) is 0.738. The third-order valence-electron chi connectivity index (χ3n) is 4.52. The van der Waals surface area contributed by atoms with Crippen LogP contribution in [0.5, 0.6) is 0 Å². The van der Waals surface area contributed by atoms with E-state index in [2.05, 4.69) is 4.98 Å². The Morgan fingerprint density at radius 3 is 2.62 bits per heavy atom. The molecule has 2 aromatic heterocycles. The molecule has 0 fully saturated rings. The average Bonchev–Trinajstić information content (AvgIpc) is 2.65. The van der Waals surface area contributed by atoms with Gasteiger partial charge in [-0.3, -0.25) is 0 Å². The molecule has 1 atom stereocenters. The first-order valence-electron chi connectivity index (χ1n) is 8.24. The number of pyridine rings is 1. The zero-order valence-electron chi connectivity index (χ0n) is 15.1. The maximum atomic E-state index is 12.1. The first-order valence-corrected chi connectivity index (χ1v) is 8.24. The number of nitrogens with zero attached hydrogens (tertiary/aromatic N) is 2. The van der Waals surface area contributed by atoms with E-state index < -0.39 is 11.7 Å². The highest BCUT2D eigenvalue weighted by Gasteiger charge is 2.21. The van der Waals surface area contributed by atoms with Crippen molar-refractivity contribution in [3.8, 4) is 11.1 Å². The Morgan fingerprint density at radius 2 is 1.92 bits per heavy atom. The van der Waals surface area contributed by atoms with Gasteiger partial charge in [-0.2, -0.15) is 4.98 Å². The van der Waals surface area contributed by atoms with E-state index >= 15 is 0 Å². The lowest BCUT2D eigenvalue weighted by atomic mass is 9.99. The van der Waals surface area contributed by atoms with Crippen molar-refractivity contribution in [1.82, 2.24) is 4.98 Å². The molecule has 0 aliphatic heterocycles. The van der Waals surface area contributed by atoms with Crippen LogP contribution in [0.3, 0.4) is 0 Å². The van der Waals surface area contributed by atoms with Crippen LogP contribution >= 0.6 is 0 Å². The van der Waals surface area contributed by atoms with Crippen LogP contribution in [0.25, 0.3) is 22.2 Å². The predicted molar refractivity (Wildman–Crippen MR) is 100 cm³/mol. The van der Waals surface area contributed by atoms with Crippen LogP contribution in [0.15, 0.2) is 51.7 Å².